The van der Waals surface area contributed by atoms with E-state index in [0.717, 1.165) is 12.2 Å². The molecule has 1 amide bonds. The van der Waals surface area contributed by atoms with Gasteiger partial charge < -0.3 is 9.53 Å². The zero-order valence-corrected chi connectivity index (χ0v) is 21.1. The molecular weight excluding hydrogens is 418 g/mol. The standard InChI is InChI=1S/C22H35NO3S2Si/c1-16(26-29(5,6)22(2,3)4)12-19(24)14-20(25)23-18(15-28-21(23)27)13-17-10-8-7-9-11-17/h7-11,16,18-19,24H,12-15H2,1-6H3/t16-,18-,19+/m0/s1. The monoisotopic (exact) mass is 453 g/mol. The fraction of sp³-hybridized carbons (Fsp3) is 0.636. The predicted molar refractivity (Wildman–Crippen MR) is 129 cm³/mol. The minimum Gasteiger partial charge on any atom is -0.414 e. The van der Waals surface area contributed by atoms with E-state index in [0.29, 0.717) is 10.7 Å². The number of aliphatic hydroxyl groups excluding tert-OH is 1. The van der Waals surface area contributed by atoms with Crippen LogP contribution in [0.1, 0.15) is 46.1 Å². The summed E-state index contributed by atoms with van der Waals surface area (Å²) in [7, 11) is -1.90. The highest BCUT2D eigenvalue weighted by atomic mass is 32.2. The topological polar surface area (TPSA) is 49.8 Å². The number of hydrogen-bond donors (Lipinski definition) is 1. The number of benzene rings is 1. The van der Waals surface area contributed by atoms with Gasteiger partial charge in [-0.15, -0.1) is 0 Å². The summed E-state index contributed by atoms with van der Waals surface area (Å²) in [5.41, 5.74) is 1.19. The molecular formula is C22H35NO3S2Si. The van der Waals surface area contributed by atoms with E-state index in [1.165, 1.54) is 5.56 Å². The summed E-state index contributed by atoms with van der Waals surface area (Å²) in [5.74, 6) is 0.716. The Morgan fingerprint density at radius 1 is 1.34 bits per heavy atom. The lowest BCUT2D eigenvalue weighted by Gasteiger charge is -2.38. The normalized spacial score (nSPS) is 20.0. The number of aliphatic hydroxyl groups is 1. The molecule has 4 nitrogen and oxygen atoms in total. The number of thiocarbonyl (C=S) groups is 1. The van der Waals surface area contributed by atoms with Crippen LogP contribution in [0.2, 0.25) is 18.1 Å². The average molecular weight is 454 g/mol. The molecule has 0 unspecified atom stereocenters. The van der Waals surface area contributed by atoms with Crippen LogP contribution in [0.25, 0.3) is 0 Å². The molecule has 0 spiro atoms. The number of rotatable bonds is 8. The van der Waals surface area contributed by atoms with Crippen molar-refractivity contribution in [2.45, 2.75) is 83.3 Å². The van der Waals surface area contributed by atoms with Crippen molar-refractivity contribution in [2.75, 3.05) is 5.75 Å². The van der Waals surface area contributed by atoms with Gasteiger partial charge in [-0.05, 0) is 43.5 Å². The molecule has 1 aliphatic heterocycles. The van der Waals surface area contributed by atoms with E-state index < -0.39 is 14.4 Å². The number of carbonyl (C=O) groups excluding carboxylic acids is 1. The van der Waals surface area contributed by atoms with Crippen molar-refractivity contribution in [1.29, 1.82) is 0 Å². The highest BCUT2D eigenvalue weighted by Gasteiger charge is 2.39. The summed E-state index contributed by atoms with van der Waals surface area (Å²) in [5, 5.41) is 10.7. The molecule has 1 heterocycles. The Morgan fingerprint density at radius 3 is 2.55 bits per heavy atom. The van der Waals surface area contributed by atoms with Crippen LogP contribution in [-0.2, 0) is 15.6 Å². The van der Waals surface area contributed by atoms with Crippen molar-refractivity contribution >= 4 is 42.5 Å². The summed E-state index contributed by atoms with van der Waals surface area (Å²) in [6.45, 7) is 13.0. The molecule has 1 aromatic carbocycles. The van der Waals surface area contributed by atoms with E-state index in [1.54, 1.807) is 16.7 Å². The molecule has 7 heteroatoms. The molecule has 0 aliphatic carbocycles. The van der Waals surface area contributed by atoms with Gasteiger partial charge in [0, 0.05) is 11.9 Å². The number of thioether (sulfide) groups is 1. The van der Waals surface area contributed by atoms with Crippen LogP contribution in [0.5, 0.6) is 0 Å². The lowest BCUT2D eigenvalue weighted by atomic mass is 10.0. The van der Waals surface area contributed by atoms with E-state index in [1.807, 2.05) is 25.1 Å². The van der Waals surface area contributed by atoms with E-state index in [9.17, 15) is 9.90 Å². The van der Waals surface area contributed by atoms with Gasteiger partial charge in [0.2, 0.25) is 5.91 Å². The maximum Gasteiger partial charge on any atom is 0.230 e. The number of amides is 1. The third kappa shape index (κ3) is 6.89. The van der Waals surface area contributed by atoms with E-state index in [-0.39, 0.29) is 29.5 Å². The van der Waals surface area contributed by atoms with Crippen molar-refractivity contribution in [3.05, 3.63) is 35.9 Å². The molecule has 0 saturated carbocycles. The van der Waals surface area contributed by atoms with Gasteiger partial charge in [0.25, 0.3) is 0 Å². The second-order valence-electron chi connectivity index (χ2n) is 9.47. The number of nitrogens with zero attached hydrogens (tertiary/aromatic N) is 1. The van der Waals surface area contributed by atoms with Crippen molar-refractivity contribution in [3.8, 4) is 0 Å². The fourth-order valence-corrected chi connectivity index (χ4v) is 6.20. The van der Waals surface area contributed by atoms with Gasteiger partial charge >= 0.3 is 0 Å². The van der Waals surface area contributed by atoms with Crippen LogP contribution >= 0.6 is 24.0 Å². The van der Waals surface area contributed by atoms with Crippen molar-refractivity contribution in [1.82, 2.24) is 4.90 Å². The SMILES string of the molecule is C[C@@H](C[C@@H](O)CC(=O)N1C(=S)SC[C@@H]1Cc1ccccc1)O[Si](C)(C)C(C)(C)C. The summed E-state index contributed by atoms with van der Waals surface area (Å²) < 4.78 is 6.94. The van der Waals surface area contributed by atoms with Crippen LogP contribution in [0.15, 0.2) is 30.3 Å². The van der Waals surface area contributed by atoms with Gasteiger partial charge in [-0.2, -0.15) is 0 Å². The van der Waals surface area contributed by atoms with Crippen LogP contribution in [0.3, 0.4) is 0 Å². The first-order valence-electron chi connectivity index (χ1n) is 10.3. The molecule has 1 fully saturated rings. The molecule has 0 bridgehead atoms. The van der Waals surface area contributed by atoms with Gasteiger partial charge in [0.15, 0.2) is 8.32 Å². The Balaban J connectivity index is 1.92. The minimum atomic E-state index is -1.90. The van der Waals surface area contributed by atoms with Crippen molar-refractivity contribution < 1.29 is 14.3 Å². The smallest absolute Gasteiger partial charge is 0.230 e. The number of hydrogen-bond acceptors (Lipinski definition) is 5. The molecule has 1 aromatic rings. The van der Waals surface area contributed by atoms with Gasteiger partial charge in [-0.25, -0.2) is 0 Å². The van der Waals surface area contributed by atoms with Gasteiger partial charge in [-0.3, -0.25) is 9.69 Å². The third-order valence-electron chi connectivity index (χ3n) is 5.86. The van der Waals surface area contributed by atoms with E-state index in [4.69, 9.17) is 16.6 Å². The van der Waals surface area contributed by atoms with Gasteiger partial charge in [0.05, 0.1) is 18.6 Å². The summed E-state index contributed by atoms with van der Waals surface area (Å²) in [6.07, 6.45) is 0.500. The van der Waals surface area contributed by atoms with Crippen molar-refractivity contribution in [3.63, 3.8) is 0 Å². The third-order valence-corrected chi connectivity index (χ3v) is 12.0. The maximum atomic E-state index is 12.9. The van der Waals surface area contributed by atoms with Crippen molar-refractivity contribution in [2.24, 2.45) is 0 Å². The maximum absolute atomic E-state index is 12.9. The summed E-state index contributed by atoms with van der Waals surface area (Å²) >= 11 is 6.98. The van der Waals surface area contributed by atoms with Gasteiger partial charge in [-0.1, -0.05) is 75.1 Å². The summed E-state index contributed by atoms with van der Waals surface area (Å²) in [6, 6.07) is 10.2. The Hall–Kier alpha value is -0.733. The fourth-order valence-electron chi connectivity index (χ4n) is 3.30. The number of carbonyl (C=O) groups is 1. The summed E-state index contributed by atoms with van der Waals surface area (Å²) in [4.78, 5) is 14.6. The molecule has 2 rings (SSSR count). The molecule has 1 N–H and O–H groups in total. The Labute approximate surface area is 186 Å². The average Bonchev–Trinajstić information content (AvgIpc) is 2.94. The molecule has 29 heavy (non-hydrogen) atoms. The first kappa shape index (κ1) is 24.5. The second kappa shape index (κ2) is 10.0. The zero-order valence-electron chi connectivity index (χ0n) is 18.5. The molecule has 3 atom stereocenters. The van der Waals surface area contributed by atoms with Crippen LogP contribution in [-0.4, -0.2) is 52.6 Å². The minimum absolute atomic E-state index is 0.0514. The van der Waals surface area contributed by atoms with Crippen LogP contribution in [0.4, 0.5) is 0 Å². The molecule has 0 aromatic heterocycles. The largest absolute Gasteiger partial charge is 0.414 e. The predicted octanol–water partition coefficient (Wildman–Crippen LogP) is 5.01. The lowest BCUT2D eigenvalue weighted by molar-refractivity contribution is -0.130. The Bertz CT molecular complexity index is 706. The first-order chi connectivity index (χ1) is 13.4. The van der Waals surface area contributed by atoms with Crippen LogP contribution in [0, 0.1) is 0 Å². The lowest BCUT2D eigenvalue weighted by Crippen LogP contribution is -2.44. The van der Waals surface area contributed by atoms with E-state index in [2.05, 4.69) is 46.0 Å². The van der Waals surface area contributed by atoms with Gasteiger partial charge in [0.1, 0.15) is 4.32 Å². The second-order valence-corrected chi connectivity index (χ2v) is 15.9. The molecule has 162 valence electrons. The Morgan fingerprint density at radius 2 is 1.97 bits per heavy atom. The molecule has 1 aliphatic rings. The zero-order chi connectivity index (χ0) is 21.8. The van der Waals surface area contributed by atoms with Crippen LogP contribution < -0.4 is 0 Å². The molecule has 0 radical (unpaired) electrons. The highest BCUT2D eigenvalue weighted by molar-refractivity contribution is 8.23. The molecule has 1 saturated heterocycles. The Kier molecular flexibility index (Phi) is 8.50. The highest BCUT2D eigenvalue weighted by Crippen LogP contribution is 2.37. The first-order valence-corrected chi connectivity index (χ1v) is 14.6. The van der Waals surface area contributed by atoms with E-state index >= 15 is 0 Å². The quantitative estimate of drug-likeness (QED) is 0.443.